The van der Waals surface area contributed by atoms with Crippen molar-refractivity contribution in [1.82, 2.24) is 9.62 Å². The summed E-state index contributed by atoms with van der Waals surface area (Å²) in [5.74, 6) is -0.586. The molecule has 5 nitrogen and oxygen atoms in total. The van der Waals surface area contributed by atoms with Crippen LogP contribution in [0.4, 0.5) is 0 Å². The van der Waals surface area contributed by atoms with Gasteiger partial charge in [-0.2, -0.15) is 4.31 Å². The molecule has 0 aliphatic carbocycles. The zero-order chi connectivity index (χ0) is 22.1. The fourth-order valence-corrected chi connectivity index (χ4v) is 5.89. The molecule has 0 spiro atoms. The summed E-state index contributed by atoms with van der Waals surface area (Å²) in [6.45, 7) is 8.13. The summed E-state index contributed by atoms with van der Waals surface area (Å²) in [5.41, 5.74) is 2.13. The molecule has 0 saturated carbocycles. The van der Waals surface area contributed by atoms with Gasteiger partial charge in [-0.15, -0.1) is 0 Å². The van der Waals surface area contributed by atoms with E-state index >= 15 is 0 Å². The van der Waals surface area contributed by atoms with Gasteiger partial charge in [0.1, 0.15) is 6.04 Å². The van der Waals surface area contributed by atoms with E-state index in [-0.39, 0.29) is 29.8 Å². The number of hydrogen-bond acceptors (Lipinski definition) is 3. The molecule has 1 atom stereocenters. The predicted octanol–water partition coefficient (Wildman–Crippen LogP) is 4.74. The largest absolute Gasteiger partial charge is 0.351 e. The maximum Gasteiger partial charge on any atom is 0.244 e. The predicted molar refractivity (Wildman–Crippen MR) is 121 cm³/mol. The summed E-state index contributed by atoms with van der Waals surface area (Å²) in [6, 6.07) is 11.1. The van der Waals surface area contributed by atoms with Crippen molar-refractivity contribution < 1.29 is 13.2 Å². The molecule has 0 unspecified atom stereocenters. The molecule has 2 aromatic rings. The number of halogens is 2. The van der Waals surface area contributed by atoms with Crippen LogP contribution in [-0.2, 0) is 21.4 Å². The Labute approximate surface area is 187 Å². The Hall–Kier alpha value is -1.86. The van der Waals surface area contributed by atoms with Crippen LogP contribution in [0.1, 0.15) is 31.4 Å². The van der Waals surface area contributed by atoms with Crippen molar-refractivity contribution in [2.45, 2.75) is 37.8 Å². The summed E-state index contributed by atoms with van der Waals surface area (Å²) in [7, 11) is -3.86. The number of carbonyl (C=O) groups excluding carboxylic acids is 1. The molecule has 1 N–H and O–H groups in total. The number of carbonyl (C=O) groups is 1. The van der Waals surface area contributed by atoms with Crippen LogP contribution in [0.5, 0.6) is 0 Å². The third kappa shape index (κ3) is 4.57. The lowest BCUT2D eigenvalue weighted by molar-refractivity contribution is -0.126. The Morgan fingerprint density at radius 2 is 1.87 bits per heavy atom. The van der Waals surface area contributed by atoms with Gasteiger partial charge in [-0.3, -0.25) is 4.79 Å². The average molecular weight is 467 g/mol. The fraction of sp³-hybridized carbons (Fsp3) is 0.318. The Balaban J connectivity index is 1.89. The molecule has 0 aromatic heterocycles. The van der Waals surface area contributed by atoms with Crippen LogP contribution in [0.3, 0.4) is 0 Å². The van der Waals surface area contributed by atoms with Gasteiger partial charge in [-0.25, -0.2) is 8.42 Å². The summed E-state index contributed by atoms with van der Waals surface area (Å²) in [4.78, 5) is 13.3. The first kappa shape index (κ1) is 22.8. The molecule has 0 radical (unpaired) electrons. The van der Waals surface area contributed by atoms with E-state index in [2.05, 4.69) is 11.9 Å². The normalized spacial score (nSPS) is 17.3. The number of rotatable bonds is 5. The van der Waals surface area contributed by atoms with Gasteiger partial charge in [0.2, 0.25) is 15.9 Å². The minimum atomic E-state index is -3.86. The van der Waals surface area contributed by atoms with Gasteiger partial charge in [0.15, 0.2) is 0 Å². The first-order valence-electron chi connectivity index (χ1n) is 9.63. The van der Waals surface area contributed by atoms with Gasteiger partial charge < -0.3 is 5.32 Å². The molecule has 1 aliphatic heterocycles. The highest BCUT2D eigenvalue weighted by Gasteiger charge is 2.40. The quantitative estimate of drug-likeness (QED) is 0.691. The van der Waals surface area contributed by atoms with E-state index in [1.165, 1.54) is 4.31 Å². The second-order valence-electron chi connectivity index (χ2n) is 7.62. The van der Waals surface area contributed by atoms with Gasteiger partial charge in [-0.1, -0.05) is 67.9 Å². The van der Waals surface area contributed by atoms with E-state index in [9.17, 15) is 13.2 Å². The van der Waals surface area contributed by atoms with Crippen molar-refractivity contribution in [1.29, 1.82) is 0 Å². The van der Waals surface area contributed by atoms with Gasteiger partial charge in [0.05, 0.1) is 14.9 Å². The van der Waals surface area contributed by atoms with E-state index in [4.69, 9.17) is 23.2 Å². The van der Waals surface area contributed by atoms with Crippen molar-refractivity contribution in [3.8, 4) is 0 Å². The second-order valence-corrected chi connectivity index (χ2v) is 10.3. The average Bonchev–Trinajstić information content (AvgIpc) is 2.79. The molecule has 2 aromatic carbocycles. The molecule has 30 heavy (non-hydrogen) atoms. The number of nitrogens with one attached hydrogen (secondary N) is 1. The van der Waals surface area contributed by atoms with Crippen LogP contribution in [0.25, 0.3) is 5.57 Å². The van der Waals surface area contributed by atoms with Crippen molar-refractivity contribution >= 4 is 44.7 Å². The van der Waals surface area contributed by atoms with Gasteiger partial charge in [0.25, 0.3) is 0 Å². The lowest BCUT2D eigenvalue weighted by atomic mass is 10.0. The molecular formula is C22H24Cl2N2O3S. The highest BCUT2D eigenvalue weighted by atomic mass is 35.5. The summed E-state index contributed by atoms with van der Waals surface area (Å²) >= 11 is 12.0. The number of hydrogen-bond donors (Lipinski definition) is 1. The third-order valence-electron chi connectivity index (χ3n) is 5.15. The number of benzene rings is 2. The van der Waals surface area contributed by atoms with Crippen molar-refractivity contribution in [2.75, 3.05) is 6.54 Å². The molecular weight excluding hydrogens is 443 g/mol. The van der Waals surface area contributed by atoms with Crippen molar-refractivity contribution in [3.05, 3.63) is 70.2 Å². The fourth-order valence-electron chi connectivity index (χ4n) is 3.61. The van der Waals surface area contributed by atoms with Crippen molar-refractivity contribution in [3.63, 3.8) is 0 Å². The van der Waals surface area contributed by atoms with E-state index in [0.29, 0.717) is 22.0 Å². The lowest BCUT2D eigenvalue weighted by Crippen LogP contribution is -2.52. The molecule has 1 amide bonds. The molecule has 0 bridgehead atoms. The summed E-state index contributed by atoms with van der Waals surface area (Å²) < 4.78 is 28.2. The minimum absolute atomic E-state index is 0.190. The van der Waals surface area contributed by atoms with Gasteiger partial charge >= 0.3 is 0 Å². The standard InChI is InChI=1S/C22H24Cl2N2O3S/c1-14(2)21(22(27)25-13-16-8-9-18(23)19(24)12-16)26-11-10-15(3)17-6-4-5-7-20(17)30(26,28)29/h4-9,12,14,21H,3,10-11,13H2,1-2H3,(H,25,27)/t21-/m0/s1. The molecule has 8 heteroatoms. The van der Waals surface area contributed by atoms with Gasteiger partial charge in [0, 0.05) is 13.1 Å². The lowest BCUT2D eigenvalue weighted by Gasteiger charge is -2.31. The molecule has 1 aliphatic rings. The molecule has 0 fully saturated rings. The number of sulfonamides is 1. The van der Waals surface area contributed by atoms with Crippen LogP contribution in [0, 0.1) is 5.92 Å². The molecule has 160 valence electrons. The summed E-state index contributed by atoms with van der Waals surface area (Å²) in [5, 5.41) is 3.68. The maximum absolute atomic E-state index is 13.4. The third-order valence-corrected chi connectivity index (χ3v) is 7.83. The summed E-state index contributed by atoms with van der Waals surface area (Å²) in [6.07, 6.45) is 0.458. The number of fused-ring (bicyclic) bond motifs is 1. The first-order chi connectivity index (χ1) is 14.1. The monoisotopic (exact) mass is 466 g/mol. The van der Waals surface area contributed by atoms with Crippen molar-refractivity contribution in [2.24, 2.45) is 5.92 Å². The number of nitrogens with zero attached hydrogens (tertiary/aromatic N) is 1. The zero-order valence-corrected chi connectivity index (χ0v) is 19.2. The van der Waals surface area contributed by atoms with Crippen LogP contribution in [0.15, 0.2) is 53.9 Å². The Morgan fingerprint density at radius 3 is 2.53 bits per heavy atom. The van der Waals surface area contributed by atoms with Crippen LogP contribution >= 0.6 is 23.2 Å². The van der Waals surface area contributed by atoms with E-state index in [1.807, 2.05) is 13.8 Å². The molecule has 1 heterocycles. The highest BCUT2D eigenvalue weighted by molar-refractivity contribution is 7.89. The number of amides is 1. The van der Waals surface area contributed by atoms with E-state index in [0.717, 1.165) is 11.1 Å². The SMILES string of the molecule is C=C1CCN([C@H](C(=O)NCc2ccc(Cl)c(Cl)c2)C(C)C)S(=O)(=O)c2ccccc21. The highest BCUT2D eigenvalue weighted by Crippen LogP contribution is 2.33. The van der Waals surface area contributed by atoms with Crippen LogP contribution < -0.4 is 5.32 Å². The first-order valence-corrected chi connectivity index (χ1v) is 11.8. The minimum Gasteiger partial charge on any atom is -0.351 e. The smallest absolute Gasteiger partial charge is 0.244 e. The second kappa shape index (κ2) is 9.10. The maximum atomic E-state index is 13.4. The Morgan fingerprint density at radius 1 is 1.17 bits per heavy atom. The van der Waals surface area contributed by atoms with Crippen LogP contribution in [-0.4, -0.2) is 31.2 Å². The van der Waals surface area contributed by atoms with Crippen LogP contribution in [0.2, 0.25) is 10.0 Å². The topological polar surface area (TPSA) is 66.5 Å². The van der Waals surface area contributed by atoms with E-state index in [1.54, 1.807) is 42.5 Å². The molecule has 0 saturated heterocycles. The van der Waals surface area contributed by atoms with Gasteiger partial charge in [-0.05, 0) is 47.2 Å². The molecule has 3 rings (SSSR count). The van der Waals surface area contributed by atoms with E-state index < -0.39 is 16.1 Å². The zero-order valence-electron chi connectivity index (χ0n) is 16.9. The Bertz CT molecular complexity index is 1080. The Kier molecular flexibility index (Phi) is 6.92.